The van der Waals surface area contributed by atoms with Crippen LogP contribution in [-0.4, -0.2) is 12.6 Å². The van der Waals surface area contributed by atoms with E-state index in [0.29, 0.717) is 6.07 Å². The largest absolute Gasteiger partial charge is 0.329 e. The Hall–Kier alpha value is -1.07. The van der Waals surface area contributed by atoms with Gasteiger partial charge in [0.15, 0.2) is 11.6 Å². The highest BCUT2D eigenvalue weighted by Gasteiger charge is 2.22. The number of nitrogens with one attached hydrogen (secondary N) is 1. The second-order valence-corrected chi connectivity index (χ2v) is 4.72. The van der Waals surface area contributed by atoms with Gasteiger partial charge in [0.05, 0.1) is 0 Å². The van der Waals surface area contributed by atoms with E-state index in [9.17, 15) is 13.2 Å². The number of benzene rings is 1. The van der Waals surface area contributed by atoms with Crippen molar-refractivity contribution in [2.45, 2.75) is 37.8 Å². The molecule has 5 heteroatoms. The fourth-order valence-electron chi connectivity index (χ4n) is 2.47. The molecule has 3 N–H and O–H groups in total. The van der Waals surface area contributed by atoms with Gasteiger partial charge in [0.2, 0.25) is 0 Å². The van der Waals surface area contributed by atoms with Crippen LogP contribution in [0.5, 0.6) is 0 Å². The second-order valence-electron chi connectivity index (χ2n) is 4.72. The highest BCUT2D eigenvalue weighted by molar-refractivity contribution is 5.24. The molecule has 1 unspecified atom stereocenters. The first kappa shape index (κ1) is 13.4. The van der Waals surface area contributed by atoms with Crippen molar-refractivity contribution >= 4 is 0 Å². The number of halogens is 3. The Morgan fingerprint density at radius 2 is 1.72 bits per heavy atom. The number of rotatable bonds is 4. The molecule has 1 atom stereocenters. The van der Waals surface area contributed by atoms with E-state index in [2.05, 4.69) is 5.32 Å². The summed E-state index contributed by atoms with van der Waals surface area (Å²) in [4.78, 5) is 0. The number of hydrogen-bond donors (Lipinski definition) is 2. The molecule has 1 aromatic carbocycles. The summed E-state index contributed by atoms with van der Waals surface area (Å²) >= 11 is 0. The monoisotopic (exact) mass is 258 g/mol. The Morgan fingerprint density at radius 1 is 1.11 bits per heavy atom. The molecule has 18 heavy (non-hydrogen) atoms. The van der Waals surface area contributed by atoms with E-state index in [4.69, 9.17) is 5.73 Å². The normalized spacial score (nSPS) is 18.2. The minimum Gasteiger partial charge on any atom is -0.329 e. The fraction of sp³-hybridized carbons (Fsp3) is 0.538. The smallest absolute Gasteiger partial charge is 0.161 e. The van der Waals surface area contributed by atoms with E-state index in [1.54, 1.807) is 0 Å². The third kappa shape index (κ3) is 2.84. The van der Waals surface area contributed by atoms with Crippen molar-refractivity contribution < 1.29 is 13.2 Å². The van der Waals surface area contributed by atoms with Crippen molar-refractivity contribution in [2.75, 3.05) is 6.54 Å². The first-order valence-corrected chi connectivity index (χ1v) is 6.22. The molecule has 0 aliphatic heterocycles. The zero-order chi connectivity index (χ0) is 13.1. The van der Waals surface area contributed by atoms with Crippen molar-refractivity contribution in [3.05, 3.63) is 35.1 Å². The van der Waals surface area contributed by atoms with Crippen LogP contribution in [0.2, 0.25) is 0 Å². The predicted molar refractivity (Wildman–Crippen MR) is 63.5 cm³/mol. The SMILES string of the molecule is NCC(NC1CCCC1)c1cc(F)c(F)cc1F. The van der Waals surface area contributed by atoms with Crippen molar-refractivity contribution in [1.82, 2.24) is 5.32 Å². The summed E-state index contributed by atoms with van der Waals surface area (Å²) in [6, 6.07) is 1.28. The van der Waals surface area contributed by atoms with Gasteiger partial charge in [-0.25, -0.2) is 13.2 Å². The molecule has 100 valence electrons. The molecular weight excluding hydrogens is 241 g/mol. The molecular formula is C13H17F3N2. The minimum atomic E-state index is -1.17. The Balaban J connectivity index is 2.18. The molecule has 0 bridgehead atoms. The molecule has 0 radical (unpaired) electrons. The highest BCUT2D eigenvalue weighted by Crippen LogP contribution is 2.24. The van der Waals surface area contributed by atoms with Gasteiger partial charge in [-0.3, -0.25) is 0 Å². The maximum Gasteiger partial charge on any atom is 0.161 e. The molecule has 0 heterocycles. The molecule has 0 spiro atoms. The van der Waals surface area contributed by atoms with Crippen LogP contribution in [0, 0.1) is 17.5 Å². The fourth-order valence-corrected chi connectivity index (χ4v) is 2.47. The maximum absolute atomic E-state index is 13.6. The van der Waals surface area contributed by atoms with E-state index in [0.717, 1.165) is 31.7 Å². The first-order valence-electron chi connectivity index (χ1n) is 6.22. The molecule has 1 saturated carbocycles. The van der Waals surface area contributed by atoms with Crippen LogP contribution in [0.1, 0.15) is 37.3 Å². The van der Waals surface area contributed by atoms with Crippen molar-refractivity contribution in [3.8, 4) is 0 Å². The van der Waals surface area contributed by atoms with Gasteiger partial charge in [0.1, 0.15) is 5.82 Å². The molecule has 2 rings (SSSR count). The van der Waals surface area contributed by atoms with Crippen molar-refractivity contribution in [2.24, 2.45) is 5.73 Å². The van der Waals surface area contributed by atoms with Crippen LogP contribution < -0.4 is 11.1 Å². The Labute approximate surface area is 104 Å². The summed E-state index contributed by atoms with van der Waals surface area (Å²) in [6.45, 7) is 0.151. The van der Waals surface area contributed by atoms with Crippen LogP contribution in [0.15, 0.2) is 12.1 Å². The second kappa shape index (κ2) is 5.71. The molecule has 2 nitrogen and oxygen atoms in total. The van der Waals surface area contributed by atoms with E-state index in [1.165, 1.54) is 0 Å². The Kier molecular flexibility index (Phi) is 4.24. The summed E-state index contributed by atoms with van der Waals surface area (Å²) < 4.78 is 39.7. The number of nitrogens with two attached hydrogens (primary N) is 1. The predicted octanol–water partition coefficient (Wildman–Crippen LogP) is 2.64. The number of hydrogen-bond acceptors (Lipinski definition) is 2. The van der Waals surface area contributed by atoms with Gasteiger partial charge in [-0.15, -0.1) is 0 Å². The minimum absolute atomic E-state index is 0.100. The van der Waals surface area contributed by atoms with Gasteiger partial charge < -0.3 is 11.1 Å². The zero-order valence-electron chi connectivity index (χ0n) is 10.1. The molecule has 1 aliphatic carbocycles. The third-order valence-corrected chi connectivity index (χ3v) is 3.44. The lowest BCUT2D eigenvalue weighted by molar-refractivity contribution is 0.422. The first-order chi connectivity index (χ1) is 8.61. The lowest BCUT2D eigenvalue weighted by Crippen LogP contribution is -2.35. The van der Waals surface area contributed by atoms with E-state index < -0.39 is 23.5 Å². The average Bonchev–Trinajstić information content (AvgIpc) is 2.84. The van der Waals surface area contributed by atoms with Gasteiger partial charge in [-0.2, -0.15) is 0 Å². The van der Waals surface area contributed by atoms with Gasteiger partial charge in [0.25, 0.3) is 0 Å². The molecule has 1 fully saturated rings. The lowest BCUT2D eigenvalue weighted by atomic mass is 10.0. The van der Waals surface area contributed by atoms with Crippen molar-refractivity contribution in [1.29, 1.82) is 0 Å². The standard InChI is InChI=1S/C13H17F3N2/c14-10-6-12(16)11(15)5-9(10)13(7-17)18-8-3-1-2-4-8/h5-6,8,13,18H,1-4,7,17H2. The van der Waals surface area contributed by atoms with Crippen LogP contribution in [-0.2, 0) is 0 Å². The van der Waals surface area contributed by atoms with Crippen LogP contribution in [0.4, 0.5) is 13.2 Å². The lowest BCUT2D eigenvalue weighted by Gasteiger charge is -2.22. The summed E-state index contributed by atoms with van der Waals surface area (Å²) in [5.74, 6) is -2.97. The van der Waals surface area contributed by atoms with Gasteiger partial charge >= 0.3 is 0 Å². The maximum atomic E-state index is 13.6. The third-order valence-electron chi connectivity index (χ3n) is 3.44. The summed E-state index contributed by atoms with van der Waals surface area (Å²) in [5, 5.41) is 3.22. The van der Waals surface area contributed by atoms with Crippen LogP contribution in [0.25, 0.3) is 0 Å². The molecule has 0 aromatic heterocycles. The van der Waals surface area contributed by atoms with E-state index in [-0.39, 0.29) is 18.2 Å². The Morgan fingerprint density at radius 3 is 2.33 bits per heavy atom. The molecule has 0 amide bonds. The summed E-state index contributed by atoms with van der Waals surface area (Å²) in [5.41, 5.74) is 5.69. The van der Waals surface area contributed by atoms with Crippen LogP contribution in [0.3, 0.4) is 0 Å². The highest BCUT2D eigenvalue weighted by atomic mass is 19.2. The molecule has 1 aliphatic rings. The molecule has 0 saturated heterocycles. The zero-order valence-corrected chi connectivity index (χ0v) is 10.1. The van der Waals surface area contributed by atoms with Crippen LogP contribution >= 0.6 is 0 Å². The molecule has 1 aromatic rings. The van der Waals surface area contributed by atoms with E-state index >= 15 is 0 Å². The van der Waals surface area contributed by atoms with Crippen molar-refractivity contribution in [3.63, 3.8) is 0 Å². The quantitative estimate of drug-likeness (QED) is 0.815. The van der Waals surface area contributed by atoms with Gasteiger partial charge in [-0.05, 0) is 18.9 Å². The Bertz CT molecular complexity index is 417. The van der Waals surface area contributed by atoms with Gasteiger partial charge in [-0.1, -0.05) is 12.8 Å². The van der Waals surface area contributed by atoms with E-state index in [1.807, 2.05) is 0 Å². The summed E-state index contributed by atoms with van der Waals surface area (Å²) in [7, 11) is 0. The average molecular weight is 258 g/mol. The topological polar surface area (TPSA) is 38.0 Å². The summed E-state index contributed by atoms with van der Waals surface area (Å²) in [6.07, 6.45) is 4.30. The van der Waals surface area contributed by atoms with Gasteiger partial charge in [0, 0.05) is 30.3 Å².